The van der Waals surface area contributed by atoms with Crippen molar-refractivity contribution in [3.63, 3.8) is 0 Å². The van der Waals surface area contributed by atoms with Crippen molar-refractivity contribution in [1.29, 1.82) is 0 Å². The molecule has 2 rings (SSSR count). The fraction of sp³-hybridized carbons (Fsp3) is 0.0833. The predicted octanol–water partition coefficient (Wildman–Crippen LogP) is 2.22. The fourth-order valence-corrected chi connectivity index (χ4v) is 1.58. The molecule has 76 valence electrons. The van der Waals surface area contributed by atoms with Gasteiger partial charge in [0.15, 0.2) is 0 Å². The molecule has 1 aromatic carbocycles. The molecule has 0 saturated carbocycles. The topological polar surface area (TPSA) is 64.9 Å². The molecular formula is C12H13N3. The first-order valence-corrected chi connectivity index (χ1v) is 4.74. The van der Waals surface area contributed by atoms with Crippen LogP contribution in [0.2, 0.25) is 0 Å². The molecule has 0 unspecified atom stereocenters. The second-order valence-corrected chi connectivity index (χ2v) is 3.54. The Hall–Kier alpha value is -2.03. The summed E-state index contributed by atoms with van der Waals surface area (Å²) >= 11 is 0. The largest absolute Gasteiger partial charge is 0.399 e. The van der Waals surface area contributed by atoms with Gasteiger partial charge in [0, 0.05) is 29.3 Å². The van der Waals surface area contributed by atoms with Crippen molar-refractivity contribution in [3.8, 4) is 11.1 Å². The third-order valence-electron chi connectivity index (χ3n) is 2.39. The van der Waals surface area contributed by atoms with Crippen LogP contribution in [0.3, 0.4) is 0 Å². The highest BCUT2D eigenvalue weighted by Crippen LogP contribution is 2.29. The molecule has 2 aromatic rings. The maximum atomic E-state index is 5.91. The first-order valence-electron chi connectivity index (χ1n) is 4.74. The van der Waals surface area contributed by atoms with Gasteiger partial charge in [0.05, 0.1) is 0 Å². The van der Waals surface area contributed by atoms with E-state index < -0.39 is 0 Å². The molecule has 0 atom stereocenters. The third-order valence-corrected chi connectivity index (χ3v) is 2.39. The molecule has 0 radical (unpaired) electrons. The van der Waals surface area contributed by atoms with Crippen LogP contribution >= 0.6 is 0 Å². The Morgan fingerprint density at radius 3 is 2.60 bits per heavy atom. The minimum absolute atomic E-state index is 0.718. The molecule has 0 aliphatic heterocycles. The summed E-state index contributed by atoms with van der Waals surface area (Å²) in [6.07, 6.45) is 3.57. The lowest BCUT2D eigenvalue weighted by atomic mass is 10.0. The van der Waals surface area contributed by atoms with Crippen molar-refractivity contribution in [2.45, 2.75) is 6.92 Å². The molecule has 15 heavy (non-hydrogen) atoms. The molecular weight excluding hydrogens is 186 g/mol. The number of pyridine rings is 1. The smallest absolute Gasteiger partial charge is 0.0395 e. The number of nitrogen functional groups attached to an aromatic ring is 2. The number of aromatic nitrogens is 1. The van der Waals surface area contributed by atoms with Crippen molar-refractivity contribution in [2.75, 3.05) is 11.5 Å². The van der Waals surface area contributed by atoms with Gasteiger partial charge in [0.2, 0.25) is 0 Å². The Bertz CT molecular complexity index is 492. The van der Waals surface area contributed by atoms with Gasteiger partial charge < -0.3 is 11.5 Å². The number of hydrogen-bond donors (Lipinski definition) is 2. The molecule has 1 heterocycles. The Morgan fingerprint density at radius 2 is 1.87 bits per heavy atom. The molecule has 0 aliphatic carbocycles. The molecule has 0 aliphatic rings. The monoisotopic (exact) mass is 199 g/mol. The highest BCUT2D eigenvalue weighted by molar-refractivity contribution is 5.80. The molecule has 1 aromatic heterocycles. The van der Waals surface area contributed by atoms with Crippen molar-refractivity contribution in [3.05, 3.63) is 42.2 Å². The van der Waals surface area contributed by atoms with Gasteiger partial charge in [-0.05, 0) is 42.3 Å². The zero-order valence-electron chi connectivity index (χ0n) is 8.57. The summed E-state index contributed by atoms with van der Waals surface area (Å²) in [6.45, 7) is 2.00. The SMILES string of the molecule is Cc1cnccc1-c1cc(N)ccc1N. The number of benzene rings is 1. The van der Waals surface area contributed by atoms with E-state index in [1.807, 2.05) is 31.3 Å². The van der Waals surface area contributed by atoms with E-state index in [1.165, 1.54) is 0 Å². The molecule has 3 heteroatoms. The summed E-state index contributed by atoms with van der Waals surface area (Å²) < 4.78 is 0. The van der Waals surface area contributed by atoms with Gasteiger partial charge in [-0.15, -0.1) is 0 Å². The number of rotatable bonds is 1. The summed E-state index contributed by atoms with van der Waals surface area (Å²) in [5.74, 6) is 0. The highest BCUT2D eigenvalue weighted by Gasteiger charge is 2.05. The summed E-state index contributed by atoms with van der Waals surface area (Å²) in [4.78, 5) is 4.05. The lowest BCUT2D eigenvalue weighted by Gasteiger charge is -2.09. The van der Waals surface area contributed by atoms with Crippen LogP contribution in [0, 0.1) is 6.92 Å². The van der Waals surface area contributed by atoms with Gasteiger partial charge in [-0.2, -0.15) is 0 Å². The van der Waals surface area contributed by atoms with Crippen molar-refractivity contribution in [2.24, 2.45) is 0 Å². The summed E-state index contributed by atoms with van der Waals surface area (Å²) in [5.41, 5.74) is 16.2. The van der Waals surface area contributed by atoms with Crippen molar-refractivity contribution < 1.29 is 0 Å². The van der Waals surface area contributed by atoms with E-state index in [2.05, 4.69) is 4.98 Å². The molecule has 0 saturated heterocycles. The standard InChI is InChI=1S/C12H13N3/c1-8-7-15-5-4-10(8)11-6-9(13)2-3-12(11)14/h2-7H,13-14H2,1H3. The van der Waals surface area contributed by atoms with Gasteiger partial charge >= 0.3 is 0 Å². The lowest BCUT2D eigenvalue weighted by molar-refractivity contribution is 1.27. The zero-order valence-corrected chi connectivity index (χ0v) is 8.57. The van der Waals surface area contributed by atoms with E-state index in [0.29, 0.717) is 0 Å². The van der Waals surface area contributed by atoms with Gasteiger partial charge in [0.25, 0.3) is 0 Å². The van der Waals surface area contributed by atoms with Crippen LogP contribution in [-0.4, -0.2) is 4.98 Å². The van der Waals surface area contributed by atoms with Crippen LogP contribution in [0.25, 0.3) is 11.1 Å². The van der Waals surface area contributed by atoms with Crippen LogP contribution < -0.4 is 11.5 Å². The van der Waals surface area contributed by atoms with Crippen molar-refractivity contribution in [1.82, 2.24) is 4.98 Å². The van der Waals surface area contributed by atoms with E-state index in [9.17, 15) is 0 Å². The Labute approximate surface area is 88.8 Å². The zero-order chi connectivity index (χ0) is 10.8. The third kappa shape index (κ3) is 1.76. The Balaban J connectivity index is 2.64. The number of hydrogen-bond acceptors (Lipinski definition) is 3. The molecule has 0 fully saturated rings. The van der Waals surface area contributed by atoms with Crippen molar-refractivity contribution >= 4 is 11.4 Å². The molecule has 0 amide bonds. The number of anilines is 2. The van der Waals surface area contributed by atoms with E-state index >= 15 is 0 Å². The van der Waals surface area contributed by atoms with E-state index in [1.54, 1.807) is 12.3 Å². The number of nitrogens with two attached hydrogens (primary N) is 2. The summed E-state index contributed by atoms with van der Waals surface area (Å²) in [7, 11) is 0. The molecule has 0 bridgehead atoms. The summed E-state index contributed by atoms with van der Waals surface area (Å²) in [5, 5.41) is 0. The second-order valence-electron chi connectivity index (χ2n) is 3.54. The predicted molar refractivity (Wildman–Crippen MR) is 63.2 cm³/mol. The molecule has 0 spiro atoms. The number of aryl methyl sites for hydroxylation is 1. The lowest BCUT2D eigenvalue weighted by Crippen LogP contribution is -1.94. The van der Waals surface area contributed by atoms with Crippen LogP contribution in [0.4, 0.5) is 11.4 Å². The van der Waals surface area contributed by atoms with Gasteiger partial charge in [-0.1, -0.05) is 0 Å². The van der Waals surface area contributed by atoms with Gasteiger partial charge in [0.1, 0.15) is 0 Å². The first-order chi connectivity index (χ1) is 7.18. The molecule has 4 N–H and O–H groups in total. The molecule has 3 nitrogen and oxygen atoms in total. The van der Waals surface area contributed by atoms with Gasteiger partial charge in [-0.3, -0.25) is 4.98 Å². The van der Waals surface area contributed by atoms with E-state index in [0.717, 1.165) is 28.1 Å². The summed E-state index contributed by atoms with van der Waals surface area (Å²) in [6, 6.07) is 7.46. The second kappa shape index (κ2) is 3.61. The van der Waals surface area contributed by atoms with Crippen LogP contribution in [0.5, 0.6) is 0 Å². The van der Waals surface area contributed by atoms with Crippen LogP contribution in [-0.2, 0) is 0 Å². The Kier molecular flexibility index (Phi) is 2.29. The number of nitrogens with zero attached hydrogens (tertiary/aromatic N) is 1. The maximum absolute atomic E-state index is 5.91. The highest BCUT2D eigenvalue weighted by atomic mass is 14.6. The van der Waals surface area contributed by atoms with Crippen LogP contribution in [0.15, 0.2) is 36.7 Å². The quantitative estimate of drug-likeness (QED) is 0.692. The minimum atomic E-state index is 0.718. The first kappa shape index (κ1) is 9.52. The van der Waals surface area contributed by atoms with Crippen LogP contribution in [0.1, 0.15) is 5.56 Å². The average Bonchev–Trinajstić information content (AvgIpc) is 2.23. The fourth-order valence-electron chi connectivity index (χ4n) is 1.58. The minimum Gasteiger partial charge on any atom is -0.399 e. The Morgan fingerprint density at radius 1 is 1.07 bits per heavy atom. The average molecular weight is 199 g/mol. The maximum Gasteiger partial charge on any atom is 0.0395 e. The van der Waals surface area contributed by atoms with E-state index in [4.69, 9.17) is 11.5 Å². The van der Waals surface area contributed by atoms with E-state index in [-0.39, 0.29) is 0 Å². The van der Waals surface area contributed by atoms with Gasteiger partial charge in [-0.25, -0.2) is 0 Å². The normalized spacial score (nSPS) is 10.2.